The number of Topliss-reactive ketones (excluding diaryl/α,β-unsaturated/α-hetero) is 3. The van der Waals surface area contributed by atoms with E-state index >= 15 is 0 Å². The molecule has 0 spiro atoms. The van der Waals surface area contributed by atoms with Crippen molar-refractivity contribution in [2.24, 2.45) is 5.92 Å². The van der Waals surface area contributed by atoms with Crippen molar-refractivity contribution in [2.45, 2.75) is 26.2 Å². The largest absolute Gasteiger partial charge is 0.298 e. The molecule has 0 aromatic heterocycles. The van der Waals surface area contributed by atoms with Gasteiger partial charge in [-0.3, -0.25) is 14.4 Å². The third-order valence-corrected chi connectivity index (χ3v) is 2.09. The van der Waals surface area contributed by atoms with Gasteiger partial charge in [-0.05, 0) is 12.8 Å². The van der Waals surface area contributed by atoms with Gasteiger partial charge in [-0.2, -0.15) is 0 Å². The Balaban J connectivity index is 2.59. The van der Waals surface area contributed by atoms with E-state index in [2.05, 4.69) is 0 Å². The Bertz CT molecular complexity index is 276. The molecule has 0 N–H and O–H groups in total. The first kappa shape index (κ1) is 9.84. The summed E-state index contributed by atoms with van der Waals surface area (Å²) in [5, 5.41) is 0. The van der Waals surface area contributed by atoms with E-state index < -0.39 is 17.5 Å². The second kappa shape index (κ2) is 4.12. The Morgan fingerprint density at radius 2 is 2.00 bits per heavy atom. The minimum Gasteiger partial charge on any atom is -0.298 e. The summed E-state index contributed by atoms with van der Waals surface area (Å²) in [5.74, 6) is -1.95. The first-order chi connectivity index (χ1) is 6.16. The predicted octanol–water partition coefficient (Wildman–Crippen LogP) is 1.07. The Morgan fingerprint density at radius 3 is 2.46 bits per heavy atom. The smallest absolute Gasteiger partial charge is 0.209 e. The highest BCUT2D eigenvalue weighted by molar-refractivity contribution is 6.49. The Labute approximate surface area is 76.8 Å². The number of hydrogen-bond donors (Lipinski definition) is 0. The van der Waals surface area contributed by atoms with Crippen molar-refractivity contribution < 1.29 is 14.4 Å². The monoisotopic (exact) mass is 180 g/mol. The van der Waals surface area contributed by atoms with Crippen LogP contribution in [0.4, 0.5) is 0 Å². The molecule has 1 saturated carbocycles. The number of allylic oxidation sites excluding steroid dienone is 2. The Morgan fingerprint density at radius 1 is 1.31 bits per heavy atom. The summed E-state index contributed by atoms with van der Waals surface area (Å²) in [6, 6.07) is 0. The van der Waals surface area contributed by atoms with Crippen molar-refractivity contribution in [3.63, 3.8) is 0 Å². The number of ketones is 3. The molecule has 0 aromatic carbocycles. The summed E-state index contributed by atoms with van der Waals surface area (Å²) >= 11 is 0. The summed E-state index contributed by atoms with van der Waals surface area (Å²) in [4.78, 5) is 33.1. The van der Waals surface area contributed by atoms with Crippen LogP contribution in [0, 0.1) is 5.92 Å². The molecule has 0 radical (unpaired) electrons. The van der Waals surface area contributed by atoms with Crippen molar-refractivity contribution in [3.8, 4) is 0 Å². The molecule has 0 bridgehead atoms. The van der Waals surface area contributed by atoms with E-state index in [4.69, 9.17) is 0 Å². The molecule has 0 aliphatic heterocycles. The molecular formula is C10H12O3. The molecular weight excluding hydrogens is 168 g/mol. The molecule has 0 saturated heterocycles. The van der Waals surface area contributed by atoms with Crippen LogP contribution in [-0.2, 0) is 14.4 Å². The van der Waals surface area contributed by atoms with E-state index in [1.165, 1.54) is 0 Å². The van der Waals surface area contributed by atoms with E-state index in [9.17, 15) is 14.4 Å². The van der Waals surface area contributed by atoms with Gasteiger partial charge in [-0.25, -0.2) is 0 Å². The zero-order chi connectivity index (χ0) is 9.84. The van der Waals surface area contributed by atoms with Crippen LogP contribution in [0.3, 0.4) is 0 Å². The highest BCUT2D eigenvalue weighted by Crippen LogP contribution is 2.18. The summed E-state index contributed by atoms with van der Waals surface area (Å²) < 4.78 is 0. The van der Waals surface area contributed by atoms with Gasteiger partial charge in [-0.1, -0.05) is 19.1 Å². The molecule has 1 fully saturated rings. The maximum atomic E-state index is 11.1. The zero-order valence-electron chi connectivity index (χ0n) is 7.58. The zero-order valence-corrected chi connectivity index (χ0v) is 7.58. The molecule has 70 valence electrons. The lowest BCUT2D eigenvalue weighted by molar-refractivity contribution is -0.135. The summed E-state index contributed by atoms with van der Waals surface area (Å²) in [5.41, 5.74) is 0. The summed E-state index contributed by atoms with van der Waals surface area (Å²) in [7, 11) is 0. The molecule has 1 unspecified atom stereocenters. The molecule has 1 atom stereocenters. The van der Waals surface area contributed by atoms with Gasteiger partial charge < -0.3 is 0 Å². The predicted molar refractivity (Wildman–Crippen MR) is 47.2 cm³/mol. The summed E-state index contributed by atoms with van der Waals surface area (Å²) in [6.45, 7) is 1.97. The minimum absolute atomic E-state index is 0.191. The molecule has 3 heteroatoms. The van der Waals surface area contributed by atoms with Gasteiger partial charge in [-0.15, -0.1) is 0 Å². The standard InChI is InChI=1S/C10H12O3/c1-2-3-4-5-7-8(11)6-9(12)10(7)13/h3-4,7H,2,5-6H2,1H3/b4-3+. The fraction of sp³-hybridized carbons (Fsp3) is 0.500. The topological polar surface area (TPSA) is 51.2 Å². The van der Waals surface area contributed by atoms with Gasteiger partial charge in [0.25, 0.3) is 0 Å². The quantitative estimate of drug-likeness (QED) is 0.371. The van der Waals surface area contributed by atoms with Crippen molar-refractivity contribution >= 4 is 17.3 Å². The highest BCUT2D eigenvalue weighted by Gasteiger charge is 2.38. The fourth-order valence-corrected chi connectivity index (χ4v) is 1.35. The lowest BCUT2D eigenvalue weighted by Crippen LogP contribution is -2.15. The lowest BCUT2D eigenvalue weighted by Gasteiger charge is -1.99. The van der Waals surface area contributed by atoms with Crippen LogP contribution < -0.4 is 0 Å². The SMILES string of the molecule is CC/C=C/CC1C(=O)CC(=O)C1=O. The van der Waals surface area contributed by atoms with Crippen LogP contribution in [0.15, 0.2) is 12.2 Å². The maximum absolute atomic E-state index is 11.1. The van der Waals surface area contributed by atoms with Gasteiger partial charge in [0.2, 0.25) is 11.6 Å². The van der Waals surface area contributed by atoms with Crippen molar-refractivity contribution in [1.29, 1.82) is 0 Å². The molecule has 0 amide bonds. The van der Waals surface area contributed by atoms with Crippen molar-refractivity contribution in [2.75, 3.05) is 0 Å². The number of rotatable bonds is 3. The van der Waals surface area contributed by atoms with Crippen LogP contribution >= 0.6 is 0 Å². The molecule has 0 heterocycles. The third kappa shape index (κ3) is 2.11. The minimum atomic E-state index is -0.685. The normalized spacial score (nSPS) is 23.5. The number of carbonyl (C=O) groups is 3. The average Bonchev–Trinajstić information content (AvgIpc) is 2.32. The van der Waals surface area contributed by atoms with Crippen LogP contribution in [0.2, 0.25) is 0 Å². The van der Waals surface area contributed by atoms with Gasteiger partial charge in [0.05, 0.1) is 12.3 Å². The molecule has 3 nitrogen and oxygen atoms in total. The van der Waals surface area contributed by atoms with Crippen LogP contribution in [0.25, 0.3) is 0 Å². The highest BCUT2D eigenvalue weighted by atomic mass is 16.2. The Kier molecular flexibility index (Phi) is 3.12. The van der Waals surface area contributed by atoms with E-state index in [0.717, 1.165) is 6.42 Å². The van der Waals surface area contributed by atoms with Crippen LogP contribution in [0.5, 0.6) is 0 Å². The molecule has 1 rings (SSSR count). The van der Waals surface area contributed by atoms with Crippen molar-refractivity contribution in [3.05, 3.63) is 12.2 Å². The van der Waals surface area contributed by atoms with Gasteiger partial charge in [0, 0.05) is 0 Å². The van der Waals surface area contributed by atoms with Gasteiger partial charge in [0.1, 0.15) is 0 Å². The third-order valence-electron chi connectivity index (χ3n) is 2.09. The second-order valence-electron chi connectivity index (χ2n) is 3.10. The van der Waals surface area contributed by atoms with E-state index in [0.29, 0.717) is 6.42 Å². The number of carbonyl (C=O) groups excluding carboxylic acids is 3. The van der Waals surface area contributed by atoms with E-state index in [-0.39, 0.29) is 12.2 Å². The first-order valence-corrected chi connectivity index (χ1v) is 4.41. The molecule has 1 aliphatic carbocycles. The molecule has 13 heavy (non-hydrogen) atoms. The van der Waals surface area contributed by atoms with Crippen LogP contribution in [-0.4, -0.2) is 17.3 Å². The average molecular weight is 180 g/mol. The Hall–Kier alpha value is -1.25. The maximum Gasteiger partial charge on any atom is 0.209 e. The summed E-state index contributed by atoms with van der Waals surface area (Å²) in [6.07, 6.45) is 4.76. The number of hydrogen-bond acceptors (Lipinski definition) is 3. The van der Waals surface area contributed by atoms with Gasteiger partial charge >= 0.3 is 0 Å². The van der Waals surface area contributed by atoms with E-state index in [1.54, 1.807) is 6.08 Å². The molecule has 1 aliphatic rings. The van der Waals surface area contributed by atoms with Gasteiger partial charge in [0.15, 0.2) is 5.78 Å². The van der Waals surface area contributed by atoms with Crippen molar-refractivity contribution in [1.82, 2.24) is 0 Å². The first-order valence-electron chi connectivity index (χ1n) is 4.41. The van der Waals surface area contributed by atoms with E-state index in [1.807, 2.05) is 13.0 Å². The van der Waals surface area contributed by atoms with Crippen LogP contribution in [0.1, 0.15) is 26.2 Å². The molecule has 0 aromatic rings. The fourth-order valence-electron chi connectivity index (χ4n) is 1.35. The second-order valence-corrected chi connectivity index (χ2v) is 3.10. The lowest BCUT2D eigenvalue weighted by atomic mass is 10.0.